The second kappa shape index (κ2) is 8.39. The van der Waals surface area contributed by atoms with Crippen LogP contribution in [0.3, 0.4) is 0 Å². The lowest BCUT2D eigenvalue weighted by molar-refractivity contribution is 0.0768. The molecule has 0 amide bonds. The second-order valence-electron chi connectivity index (χ2n) is 6.52. The zero-order chi connectivity index (χ0) is 16.8. The molecule has 2 nitrogen and oxygen atoms in total. The van der Waals surface area contributed by atoms with Crippen molar-refractivity contribution in [2.75, 3.05) is 0 Å². The fraction of sp³-hybridized carbons (Fsp3) is 0.381. The molecule has 1 aliphatic rings. The Kier molecular flexibility index (Phi) is 5.97. The Morgan fingerprint density at radius 2 is 1.67 bits per heavy atom. The maximum atomic E-state index is 12.1. The minimum absolute atomic E-state index is 0.287. The van der Waals surface area contributed by atoms with E-state index in [1.807, 2.05) is 42.5 Å². The molecule has 1 fully saturated rings. The van der Waals surface area contributed by atoms with Crippen LogP contribution in [-0.2, 0) is 4.18 Å². The van der Waals surface area contributed by atoms with E-state index in [2.05, 4.69) is 19.1 Å². The highest BCUT2D eigenvalue weighted by atomic mass is 32.2. The van der Waals surface area contributed by atoms with Gasteiger partial charge in [0.1, 0.15) is 0 Å². The summed E-state index contributed by atoms with van der Waals surface area (Å²) in [6, 6.07) is 17.6. The van der Waals surface area contributed by atoms with E-state index in [4.69, 9.17) is 4.18 Å². The molecule has 0 atom stereocenters. The van der Waals surface area contributed by atoms with E-state index in [0.29, 0.717) is 11.5 Å². The first-order valence-corrected chi connectivity index (χ1v) is 9.54. The van der Waals surface area contributed by atoms with Crippen LogP contribution in [0.4, 0.5) is 0 Å². The lowest BCUT2D eigenvalue weighted by Crippen LogP contribution is -2.12. The summed E-state index contributed by atoms with van der Waals surface area (Å²) in [5, 5.41) is 0. The van der Waals surface area contributed by atoms with Gasteiger partial charge in [-0.25, -0.2) is 4.79 Å². The fourth-order valence-electron chi connectivity index (χ4n) is 3.41. The van der Waals surface area contributed by atoms with E-state index < -0.39 is 0 Å². The summed E-state index contributed by atoms with van der Waals surface area (Å²) in [7, 11) is 0. The molecule has 0 saturated heterocycles. The highest BCUT2D eigenvalue weighted by Crippen LogP contribution is 2.37. The van der Waals surface area contributed by atoms with Crippen LogP contribution in [0.15, 0.2) is 59.5 Å². The third-order valence-electron chi connectivity index (χ3n) is 5.00. The molecule has 0 N–H and O–H groups in total. The van der Waals surface area contributed by atoms with Crippen molar-refractivity contribution in [1.82, 2.24) is 0 Å². The predicted octanol–water partition coefficient (Wildman–Crippen LogP) is 6.23. The zero-order valence-electron chi connectivity index (χ0n) is 14.1. The summed E-state index contributed by atoms with van der Waals surface area (Å²) >= 11 is 1.11. The van der Waals surface area contributed by atoms with Crippen molar-refractivity contribution in [2.45, 2.75) is 49.8 Å². The van der Waals surface area contributed by atoms with Gasteiger partial charge in [-0.1, -0.05) is 43.7 Å². The van der Waals surface area contributed by atoms with Crippen LogP contribution >= 0.6 is 12.0 Å². The number of hydrogen-bond donors (Lipinski definition) is 0. The Balaban J connectivity index is 1.55. The Morgan fingerprint density at radius 1 is 1.00 bits per heavy atom. The molecule has 1 aliphatic carbocycles. The maximum Gasteiger partial charge on any atom is 0.350 e. The summed E-state index contributed by atoms with van der Waals surface area (Å²) in [6.45, 7) is 2.29. The molecule has 2 aromatic rings. The second-order valence-corrected chi connectivity index (χ2v) is 7.32. The Hall–Kier alpha value is -1.74. The topological polar surface area (TPSA) is 26.3 Å². The zero-order valence-corrected chi connectivity index (χ0v) is 14.9. The highest BCUT2D eigenvalue weighted by molar-refractivity contribution is 7.95. The minimum atomic E-state index is -0.287. The molecular weight excluding hydrogens is 316 g/mol. The molecule has 0 spiro atoms. The van der Waals surface area contributed by atoms with Gasteiger partial charge in [0.2, 0.25) is 0 Å². The first-order valence-electron chi connectivity index (χ1n) is 8.80. The molecule has 0 bridgehead atoms. The number of benzene rings is 2. The molecule has 0 heterocycles. The quantitative estimate of drug-likeness (QED) is 0.603. The van der Waals surface area contributed by atoms with Crippen LogP contribution in [0, 0.1) is 5.92 Å². The van der Waals surface area contributed by atoms with E-state index in [1.54, 1.807) is 0 Å². The largest absolute Gasteiger partial charge is 0.382 e. The van der Waals surface area contributed by atoms with Gasteiger partial charge in [-0.2, -0.15) is 0 Å². The summed E-state index contributed by atoms with van der Waals surface area (Å²) in [5.74, 6) is 1.27. The van der Waals surface area contributed by atoms with Crippen molar-refractivity contribution in [2.24, 2.45) is 5.92 Å². The van der Waals surface area contributed by atoms with Gasteiger partial charge in [-0.3, -0.25) is 0 Å². The van der Waals surface area contributed by atoms with Gasteiger partial charge in [0.05, 0.1) is 17.6 Å². The first-order chi connectivity index (χ1) is 11.8. The number of rotatable bonds is 5. The van der Waals surface area contributed by atoms with Gasteiger partial charge >= 0.3 is 5.97 Å². The average Bonchev–Trinajstić information content (AvgIpc) is 2.67. The fourth-order valence-corrected chi connectivity index (χ4v) is 3.94. The third kappa shape index (κ3) is 4.41. The molecule has 126 valence electrons. The van der Waals surface area contributed by atoms with Crippen molar-refractivity contribution in [3.63, 3.8) is 0 Å². The van der Waals surface area contributed by atoms with E-state index in [0.717, 1.165) is 22.9 Å². The summed E-state index contributed by atoms with van der Waals surface area (Å²) in [4.78, 5) is 13.1. The Morgan fingerprint density at radius 3 is 2.29 bits per heavy atom. The Bertz CT molecular complexity index is 643. The van der Waals surface area contributed by atoms with Crippen molar-refractivity contribution in [3.05, 3.63) is 65.7 Å². The monoisotopic (exact) mass is 340 g/mol. The molecule has 3 rings (SSSR count). The molecule has 0 aromatic heterocycles. The molecule has 2 aromatic carbocycles. The molecule has 0 aliphatic heterocycles. The van der Waals surface area contributed by atoms with E-state index >= 15 is 0 Å². The van der Waals surface area contributed by atoms with Gasteiger partial charge < -0.3 is 4.18 Å². The van der Waals surface area contributed by atoms with E-state index in [1.165, 1.54) is 37.7 Å². The SMILES string of the molecule is CCC1CCC(c2ccc(C(=O)OSc3ccccc3)cc2)CC1. The average molecular weight is 340 g/mol. The number of carbonyl (C=O) groups is 1. The summed E-state index contributed by atoms with van der Waals surface area (Å²) in [6.07, 6.45) is 6.51. The summed E-state index contributed by atoms with van der Waals surface area (Å²) < 4.78 is 5.31. The van der Waals surface area contributed by atoms with Crippen LogP contribution in [0.25, 0.3) is 0 Å². The normalized spacial score (nSPS) is 20.5. The van der Waals surface area contributed by atoms with Gasteiger partial charge in [0.15, 0.2) is 0 Å². The van der Waals surface area contributed by atoms with Crippen molar-refractivity contribution in [3.8, 4) is 0 Å². The summed E-state index contributed by atoms with van der Waals surface area (Å²) in [5.41, 5.74) is 1.97. The van der Waals surface area contributed by atoms with Crippen LogP contribution < -0.4 is 0 Å². The van der Waals surface area contributed by atoms with Crippen LogP contribution in [0.2, 0.25) is 0 Å². The number of hydrogen-bond acceptors (Lipinski definition) is 3. The molecule has 3 heteroatoms. The Labute approximate surface area is 148 Å². The van der Waals surface area contributed by atoms with Gasteiger partial charge in [-0.15, -0.1) is 0 Å². The molecule has 1 saturated carbocycles. The molecule has 0 radical (unpaired) electrons. The van der Waals surface area contributed by atoms with Crippen molar-refractivity contribution in [1.29, 1.82) is 0 Å². The van der Waals surface area contributed by atoms with Crippen LogP contribution in [-0.4, -0.2) is 5.97 Å². The predicted molar refractivity (Wildman–Crippen MR) is 99.1 cm³/mol. The standard InChI is InChI=1S/C21H24O2S/c1-2-16-8-10-17(11-9-16)18-12-14-19(15-13-18)21(22)23-24-20-6-4-3-5-7-20/h3-7,12-17H,2,8-11H2,1H3. The number of carbonyl (C=O) groups excluding carboxylic acids is 1. The minimum Gasteiger partial charge on any atom is -0.382 e. The van der Waals surface area contributed by atoms with Crippen LogP contribution in [0.5, 0.6) is 0 Å². The maximum absolute atomic E-state index is 12.1. The molecular formula is C21H24O2S. The van der Waals surface area contributed by atoms with E-state index in [-0.39, 0.29) is 5.97 Å². The van der Waals surface area contributed by atoms with Crippen molar-refractivity contribution < 1.29 is 8.98 Å². The van der Waals surface area contributed by atoms with E-state index in [9.17, 15) is 4.79 Å². The third-order valence-corrected chi connectivity index (χ3v) is 5.70. The first kappa shape index (κ1) is 17.1. The van der Waals surface area contributed by atoms with Crippen molar-refractivity contribution >= 4 is 18.0 Å². The van der Waals surface area contributed by atoms with Gasteiger partial charge in [-0.05, 0) is 67.3 Å². The molecule has 0 unspecified atom stereocenters. The lowest BCUT2D eigenvalue weighted by Gasteiger charge is -2.28. The van der Waals surface area contributed by atoms with Crippen LogP contribution in [0.1, 0.15) is 60.9 Å². The van der Waals surface area contributed by atoms with Gasteiger partial charge in [0.25, 0.3) is 0 Å². The lowest BCUT2D eigenvalue weighted by atomic mass is 9.78. The smallest absolute Gasteiger partial charge is 0.350 e. The molecule has 24 heavy (non-hydrogen) atoms. The van der Waals surface area contributed by atoms with Gasteiger partial charge in [0, 0.05) is 4.90 Å². The highest BCUT2D eigenvalue weighted by Gasteiger charge is 2.21.